The molecule has 0 saturated heterocycles. The maximum Gasteiger partial charge on any atom is 0.338 e. The van der Waals surface area contributed by atoms with Crippen molar-refractivity contribution in [2.75, 3.05) is 6.61 Å². The molecule has 130 valence electrons. The molecule has 6 nitrogen and oxygen atoms in total. The van der Waals surface area contributed by atoms with Gasteiger partial charge in [-0.05, 0) is 35.2 Å². The summed E-state index contributed by atoms with van der Waals surface area (Å²) in [6, 6.07) is 12.2. The van der Waals surface area contributed by atoms with E-state index in [2.05, 4.69) is 20.8 Å². The van der Waals surface area contributed by atoms with Crippen LogP contribution in [0.5, 0.6) is 0 Å². The van der Waals surface area contributed by atoms with Gasteiger partial charge in [-0.1, -0.05) is 32.9 Å². The van der Waals surface area contributed by atoms with E-state index in [0.29, 0.717) is 5.56 Å². The molecule has 0 aliphatic rings. The van der Waals surface area contributed by atoms with Crippen LogP contribution in [0.3, 0.4) is 0 Å². The van der Waals surface area contributed by atoms with Crippen LogP contribution in [-0.2, 0) is 10.2 Å². The van der Waals surface area contributed by atoms with E-state index in [4.69, 9.17) is 4.74 Å². The van der Waals surface area contributed by atoms with Gasteiger partial charge in [0.2, 0.25) is 0 Å². The van der Waals surface area contributed by atoms with Crippen LogP contribution in [0.15, 0.2) is 48.5 Å². The number of hydrogen-bond acceptors (Lipinski definition) is 5. The number of esters is 1. The lowest BCUT2D eigenvalue weighted by Gasteiger charge is -2.18. The fraction of sp³-hybridized carbons (Fsp3) is 0.263. The lowest BCUT2D eigenvalue weighted by atomic mass is 9.87. The number of nitro benzene ring substituents is 1. The Labute approximate surface area is 145 Å². The number of nitro groups is 1. The molecular weight excluding hydrogens is 322 g/mol. The largest absolute Gasteiger partial charge is 0.454 e. The number of hydrogen-bond donors (Lipinski definition) is 0. The topological polar surface area (TPSA) is 86.5 Å². The van der Waals surface area contributed by atoms with Crippen LogP contribution >= 0.6 is 0 Å². The molecule has 0 N–H and O–H groups in total. The SMILES string of the molecule is CC(C)(C)c1ccc(C(=O)OCC(=O)c2ccc([N+](=O)[O-])cc2)cc1. The van der Waals surface area contributed by atoms with E-state index in [1.807, 2.05) is 12.1 Å². The molecule has 0 fully saturated rings. The van der Waals surface area contributed by atoms with Gasteiger partial charge in [0, 0.05) is 17.7 Å². The van der Waals surface area contributed by atoms with Gasteiger partial charge < -0.3 is 4.74 Å². The predicted octanol–water partition coefficient (Wildman–Crippen LogP) is 3.93. The van der Waals surface area contributed by atoms with Gasteiger partial charge in [0.1, 0.15) is 0 Å². The minimum atomic E-state index is -0.587. The van der Waals surface area contributed by atoms with Crippen molar-refractivity contribution in [3.8, 4) is 0 Å². The van der Waals surface area contributed by atoms with Gasteiger partial charge in [-0.2, -0.15) is 0 Å². The maximum absolute atomic E-state index is 12.0. The van der Waals surface area contributed by atoms with Crippen LogP contribution < -0.4 is 0 Å². The second-order valence-corrected chi connectivity index (χ2v) is 6.63. The highest BCUT2D eigenvalue weighted by Crippen LogP contribution is 2.22. The Bertz CT molecular complexity index is 786. The minimum Gasteiger partial charge on any atom is -0.454 e. The number of carbonyl (C=O) groups excluding carboxylic acids is 2. The zero-order valence-corrected chi connectivity index (χ0v) is 14.3. The van der Waals surface area contributed by atoms with Crippen molar-refractivity contribution in [2.24, 2.45) is 0 Å². The molecule has 6 heteroatoms. The van der Waals surface area contributed by atoms with Crippen molar-refractivity contribution in [3.63, 3.8) is 0 Å². The first-order valence-corrected chi connectivity index (χ1v) is 7.74. The smallest absolute Gasteiger partial charge is 0.338 e. The van der Waals surface area contributed by atoms with Gasteiger partial charge in [-0.15, -0.1) is 0 Å². The third-order valence-electron chi connectivity index (χ3n) is 3.72. The Balaban J connectivity index is 1.97. The second-order valence-electron chi connectivity index (χ2n) is 6.63. The van der Waals surface area contributed by atoms with Crippen LogP contribution in [-0.4, -0.2) is 23.3 Å². The summed E-state index contributed by atoms with van der Waals surface area (Å²) in [5, 5.41) is 10.6. The molecule has 0 unspecified atom stereocenters. The van der Waals surface area contributed by atoms with Crippen molar-refractivity contribution in [2.45, 2.75) is 26.2 Å². The molecule has 0 aliphatic carbocycles. The molecule has 0 atom stereocenters. The zero-order valence-electron chi connectivity index (χ0n) is 14.3. The molecule has 0 aromatic heterocycles. The van der Waals surface area contributed by atoms with Gasteiger partial charge in [0.05, 0.1) is 10.5 Å². The van der Waals surface area contributed by atoms with Gasteiger partial charge in [0.25, 0.3) is 5.69 Å². The van der Waals surface area contributed by atoms with Gasteiger partial charge >= 0.3 is 5.97 Å². The highest BCUT2D eigenvalue weighted by atomic mass is 16.6. The second kappa shape index (κ2) is 7.25. The monoisotopic (exact) mass is 341 g/mol. The molecule has 0 amide bonds. The average molecular weight is 341 g/mol. The third kappa shape index (κ3) is 4.73. The Morgan fingerprint density at radius 3 is 1.96 bits per heavy atom. The summed E-state index contributed by atoms with van der Waals surface area (Å²) in [6.07, 6.45) is 0. The first kappa shape index (κ1) is 18.3. The van der Waals surface area contributed by atoms with Crippen LogP contribution in [0.25, 0.3) is 0 Å². The van der Waals surface area contributed by atoms with E-state index in [0.717, 1.165) is 5.56 Å². The Kier molecular flexibility index (Phi) is 5.32. The van der Waals surface area contributed by atoms with Crippen LogP contribution in [0.4, 0.5) is 5.69 Å². The van der Waals surface area contributed by atoms with Gasteiger partial charge in [0.15, 0.2) is 12.4 Å². The van der Waals surface area contributed by atoms with E-state index in [1.54, 1.807) is 12.1 Å². The van der Waals surface area contributed by atoms with Crippen LogP contribution in [0, 0.1) is 10.1 Å². The fourth-order valence-electron chi connectivity index (χ4n) is 2.17. The lowest BCUT2D eigenvalue weighted by molar-refractivity contribution is -0.384. The molecule has 2 aromatic carbocycles. The number of ether oxygens (including phenoxy) is 1. The number of Topliss-reactive ketones (excluding diaryl/α,β-unsaturated/α-hetero) is 1. The summed E-state index contributed by atoms with van der Waals surface area (Å²) < 4.78 is 5.03. The molecule has 0 spiro atoms. The summed E-state index contributed by atoms with van der Waals surface area (Å²) in [4.78, 5) is 34.1. The number of benzene rings is 2. The summed E-state index contributed by atoms with van der Waals surface area (Å²) in [5.41, 5.74) is 1.58. The molecule has 0 aliphatic heterocycles. The predicted molar refractivity (Wildman–Crippen MR) is 92.9 cm³/mol. The number of nitrogens with zero attached hydrogens (tertiary/aromatic N) is 1. The molecule has 2 aromatic rings. The first-order valence-electron chi connectivity index (χ1n) is 7.74. The number of rotatable bonds is 5. The zero-order chi connectivity index (χ0) is 18.6. The van der Waals surface area contributed by atoms with Gasteiger partial charge in [-0.25, -0.2) is 4.79 Å². The normalized spacial score (nSPS) is 11.0. The Hall–Kier alpha value is -3.02. The molecule has 0 radical (unpaired) electrons. The highest BCUT2D eigenvalue weighted by Gasteiger charge is 2.16. The van der Waals surface area contributed by atoms with E-state index < -0.39 is 23.3 Å². The van der Waals surface area contributed by atoms with Crippen molar-refractivity contribution < 1.29 is 19.2 Å². The molecule has 0 bridgehead atoms. The number of carbonyl (C=O) groups is 2. The quantitative estimate of drug-likeness (QED) is 0.356. The number of non-ortho nitro benzene ring substituents is 1. The summed E-state index contributed by atoms with van der Waals surface area (Å²) >= 11 is 0. The third-order valence-corrected chi connectivity index (χ3v) is 3.72. The summed E-state index contributed by atoms with van der Waals surface area (Å²) in [7, 11) is 0. The lowest BCUT2D eigenvalue weighted by Crippen LogP contribution is -2.15. The first-order chi connectivity index (χ1) is 11.7. The Morgan fingerprint density at radius 1 is 0.960 bits per heavy atom. The van der Waals surface area contributed by atoms with Crippen molar-refractivity contribution in [3.05, 3.63) is 75.3 Å². The molecule has 0 saturated carbocycles. The maximum atomic E-state index is 12.0. The Morgan fingerprint density at radius 2 is 1.48 bits per heavy atom. The molecular formula is C19H19NO5. The van der Waals surface area contributed by atoms with Crippen molar-refractivity contribution in [1.29, 1.82) is 0 Å². The molecule has 2 rings (SSSR count). The van der Waals surface area contributed by atoms with E-state index in [9.17, 15) is 19.7 Å². The fourth-order valence-corrected chi connectivity index (χ4v) is 2.17. The van der Waals surface area contributed by atoms with E-state index >= 15 is 0 Å². The van der Waals surface area contributed by atoms with Gasteiger partial charge in [-0.3, -0.25) is 14.9 Å². The molecule has 0 heterocycles. The standard InChI is InChI=1S/C19H19NO5/c1-19(2,3)15-8-4-14(5-9-15)18(22)25-12-17(21)13-6-10-16(11-7-13)20(23)24/h4-11H,12H2,1-3H3. The van der Waals surface area contributed by atoms with Crippen LogP contribution in [0.1, 0.15) is 47.1 Å². The van der Waals surface area contributed by atoms with Crippen molar-refractivity contribution >= 4 is 17.4 Å². The average Bonchev–Trinajstić information content (AvgIpc) is 2.58. The molecule has 25 heavy (non-hydrogen) atoms. The van der Waals surface area contributed by atoms with Crippen molar-refractivity contribution in [1.82, 2.24) is 0 Å². The van der Waals surface area contributed by atoms with Crippen LogP contribution in [0.2, 0.25) is 0 Å². The van der Waals surface area contributed by atoms with E-state index in [1.165, 1.54) is 24.3 Å². The minimum absolute atomic E-state index is 0.0195. The number of ketones is 1. The highest BCUT2D eigenvalue weighted by molar-refractivity contribution is 5.99. The summed E-state index contributed by atoms with van der Waals surface area (Å²) in [6.45, 7) is 5.80. The summed E-state index contributed by atoms with van der Waals surface area (Å²) in [5.74, 6) is -1.01. The van der Waals surface area contributed by atoms with E-state index in [-0.39, 0.29) is 16.7 Å².